The van der Waals surface area contributed by atoms with Gasteiger partial charge in [-0.3, -0.25) is 9.59 Å². The lowest BCUT2D eigenvalue weighted by molar-refractivity contribution is -0.271. The van der Waals surface area contributed by atoms with Gasteiger partial charge >= 0.3 is 11.9 Å². The molecule has 2 fully saturated rings. The molecule has 5 heteroatoms. The average Bonchev–Trinajstić information content (AvgIpc) is 2.31. The SMILES string of the molecule is CC1(C)CCCC(=O)OC2CCCCC2(O)OC1=O. The molecular weight excluding hydrogens is 248 g/mol. The predicted octanol–water partition coefficient (Wildman–Crippen LogP) is 1.91. The van der Waals surface area contributed by atoms with Crippen LogP contribution in [0.2, 0.25) is 0 Å². The normalized spacial score (nSPS) is 35.8. The predicted molar refractivity (Wildman–Crippen MR) is 67.0 cm³/mol. The molecular formula is C14H22O5. The van der Waals surface area contributed by atoms with E-state index in [9.17, 15) is 14.7 Å². The molecule has 1 aliphatic carbocycles. The molecule has 0 spiro atoms. The zero-order chi connectivity index (χ0) is 14.1. The first-order chi connectivity index (χ1) is 8.83. The van der Waals surface area contributed by atoms with Gasteiger partial charge in [-0.2, -0.15) is 0 Å². The van der Waals surface area contributed by atoms with Gasteiger partial charge in [-0.1, -0.05) is 0 Å². The van der Waals surface area contributed by atoms with Crippen LogP contribution < -0.4 is 0 Å². The van der Waals surface area contributed by atoms with Crippen LogP contribution in [-0.2, 0) is 19.1 Å². The number of ether oxygens (including phenoxy) is 2. The Morgan fingerprint density at radius 3 is 2.63 bits per heavy atom. The second-order valence-corrected chi connectivity index (χ2v) is 6.20. The minimum Gasteiger partial charge on any atom is -0.455 e. The van der Waals surface area contributed by atoms with Gasteiger partial charge < -0.3 is 14.6 Å². The second-order valence-electron chi connectivity index (χ2n) is 6.20. The molecule has 19 heavy (non-hydrogen) atoms. The highest BCUT2D eigenvalue weighted by atomic mass is 16.7. The summed E-state index contributed by atoms with van der Waals surface area (Å²) in [6.45, 7) is 3.56. The van der Waals surface area contributed by atoms with Crippen molar-refractivity contribution in [2.45, 2.75) is 70.7 Å². The third-order valence-corrected chi connectivity index (χ3v) is 4.03. The van der Waals surface area contributed by atoms with E-state index in [-0.39, 0.29) is 12.4 Å². The number of fused-ring (bicyclic) bond motifs is 1. The summed E-state index contributed by atoms with van der Waals surface area (Å²) in [7, 11) is 0. The maximum atomic E-state index is 12.2. The van der Waals surface area contributed by atoms with E-state index in [0.717, 1.165) is 12.8 Å². The number of aliphatic hydroxyl groups is 1. The van der Waals surface area contributed by atoms with Crippen molar-refractivity contribution in [3.05, 3.63) is 0 Å². The maximum Gasteiger partial charge on any atom is 0.314 e. The smallest absolute Gasteiger partial charge is 0.314 e. The van der Waals surface area contributed by atoms with Crippen molar-refractivity contribution in [3.8, 4) is 0 Å². The van der Waals surface area contributed by atoms with Crippen LogP contribution in [0.15, 0.2) is 0 Å². The highest BCUT2D eigenvalue weighted by Crippen LogP contribution is 2.36. The van der Waals surface area contributed by atoms with Gasteiger partial charge in [0.2, 0.25) is 5.79 Å². The number of esters is 2. The minimum atomic E-state index is -1.65. The summed E-state index contributed by atoms with van der Waals surface area (Å²) in [5.74, 6) is -2.39. The number of hydrogen-bond acceptors (Lipinski definition) is 5. The molecule has 0 aromatic carbocycles. The average molecular weight is 270 g/mol. The summed E-state index contributed by atoms with van der Waals surface area (Å²) in [5, 5.41) is 10.5. The van der Waals surface area contributed by atoms with Crippen LogP contribution in [0, 0.1) is 5.41 Å². The fourth-order valence-corrected chi connectivity index (χ4v) is 2.66. The first kappa shape index (κ1) is 14.3. The van der Waals surface area contributed by atoms with Crippen LogP contribution in [0.25, 0.3) is 0 Å². The summed E-state index contributed by atoms with van der Waals surface area (Å²) in [4.78, 5) is 23.9. The third kappa shape index (κ3) is 3.08. The molecule has 0 bridgehead atoms. The molecule has 1 N–H and O–H groups in total. The zero-order valence-electron chi connectivity index (χ0n) is 11.6. The van der Waals surface area contributed by atoms with Crippen molar-refractivity contribution >= 4 is 11.9 Å². The summed E-state index contributed by atoms with van der Waals surface area (Å²) in [6, 6.07) is 0. The summed E-state index contributed by atoms with van der Waals surface area (Å²) in [5.41, 5.74) is -0.685. The lowest BCUT2D eigenvalue weighted by atomic mass is 9.85. The second kappa shape index (κ2) is 5.12. The monoisotopic (exact) mass is 270 g/mol. The van der Waals surface area contributed by atoms with Crippen molar-refractivity contribution in [3.63, 3.8) is 0 Å². The van der Waals surface area contributed by atoms with Gasteiger partial charge in [0.1, 0.15) is 0 Å². The van der Waals surface area contributed by atoms with E-state index in [4.69, 9.17) is 9.47 Å². The Balaban J connectivity index is 2.24. The third-order valence-electron chi connectivity index (χ3n) is 4.03. The Morgan fingerprint density at radius 2 is 1.89 bits per heavy atom. The fourth-order valence-electron chi connectivity index (χ4n) is 2.66. The van der Waals surface area contributed by atoms with Crippen LogP contribution in [0.3, 0.4) is 0 Å². The van der Waals surface area contributed by atoms with Gasteiger partial charge in [0.15, 0.2) is 6.10 Å². The van der Waals surface area contributed by atoms with Crippen LogP contribution in [-0.4, -0.2) is 28.9 Å². The van der Waals surface area contributed by atoms with E-state index < -0.39 is 23.3 Å². The van der Waals surface area contributed by atoms with Gasteiger partial charge in [0.05, 0.1) is 5.41 Å². The first-order valence-electron chi connectivity index (χ1n) is 6.99. The van der Waals surface area contributed by atoms with E-state index in [1.807, 2.05) is 0 Å². The molecule has 2 rings (SSSR count). The van der Waals surface area contributed by atoms with E-state index in [0.29, 0.717) is 25.7 Å². The molecule has 2 unspecified atom stereocenters. The molecule has 0 aromatic heterocycles. The maximum absolute atomic E-state index is 12.2. The van der Waals surface area contributed by atoms with Crippen molar-refractivity contribution in [2.75, 3.05) is 0 Å². The Bertz CT molecular complexity index is 376. The fraction of sp³-hybridized carbons (Fsp3) is 0.857. The largest absolute Gasteiger partial charge is 0.455 e. The molecule has 0 aromatic rings. The minimum absolute atomic E-state index is 0.281. The zero-order valence-corrected chi connectivity index (χ0v) is 11.6. The Morgan fingerprint density at radius 1 is 1.16 bits per heavy atom. The molecule has 1 saturated carbocycles. The van der Waals surface area contributed by atoms with Gasteiger partial charge in [0.25, 0.3) is 0 Å². The molecule has 2 atom stereocenters. The number of carbonyl (C=O) groups excluding carboxylic acids is 2. The van der Waals surface area contributed by atoms with Crippen LogP contribution in [0.5, 0.6) is 0 Å². The molecule has 1 aliphatic heterocycles. The summed E-state index contributed by atoms with van der Waals surface area (Å²) < 4.78 is 10.6. The highest BCUT2D eigenvalue weighted by Gasteiger charge is 2.48. The number of carbonyl (C=O) groups is 2. The van der Waals surface area contributed by atoms with Gasteiger partial charge in [0, 0.05) is 12.8 Å². The van der Waals surface area contributed by atoms with Gasteiger partial charge in [-0.25, -0.2) is 0 Å². The molecule has 0 amide bonds. The van der Waals surface area contributed by atoms with Crippen molar-refractivity contribution in [2.24, 2.45) is 5.41 Å². The Hall–Kier alpha value is -1.10. The molecule has 5 nitrogen and oxygen atoms in total. The van der Waals surface area contributed by atoms with Crippen molar-refractivity contribution in [1.82, 2.24) is 0 Å². The van der Waals surface area contributed by atoms with Crippen molar-refractivity contribution in [1.29, 1.82) is 0 Å². The number of rotatable bonds is 0. The molecule has 0 radical (unpaired) electrons. The quantitative estimate of drug-likeness (QED) is 0.681. The van der Waals surface area contributed by atoms with Crippen LogP contribution in [0.1, 0.15) is 58.8 Å². The topological polar surface area (TPSA) is 72.8 Å². The van der Waals surface area contributed by atoms with Gasteiger partial charge in [-0.15, -0.1) is 0 Å². The molecule has 1 saturated heterocycles. The highest BCUT2D eigenvalue weighted by molar-refractivity contribution is 5.77. The van der Waals surface area contributed by atoms with E-state index in [1.165, 1.54) is 0 Å². The number of hydrogen-bond donors (Lipinski definition) is 1. The van der Waals surface area contributed by atoms with E-state index in [1.54, 1.807) is 13.8 Å². The lowest BCUT2D eigenvalue weighted by Crippen LogP contribution is -2.52. The van der Waals surface area contributed by atoms with Crippen molar-refractivity contribution < 1.29 is 24.2 Å². The summed E-state index contributed by atoms with van der Waals surface area (Å²) >= 11 is 0. The first-order valence-corrected chi connectivity index (χ1v) is 6.99. The molecule has 108 valence electrons. The van der Waals surface area contributed by atoms with Crippen LogP contribution >= 0.6 is 0 Å². The van der Waals surface area contributed by atoms with E-state index >= 15 is 0 Å². The van der Waals surface area contributed by atoms with Gasteiger partial charge in [-0.05, 0) is 46.0 Å². The molecule has 2 aliphatic rings. The summed E-state index contributed by atoms with van der Waals surface area (Å²) in [6.07, 6.45) is 3.17. The standard InChI is InChI=1S/C14H22O5/c1-13(2)8-5-7-11(15)18-10-6-3-4-9-14(10,17)19-12(13)16/h10,17H,3-9H2,1-2H3. The van der Waals surface area contributed by atoms with Crippen LogP contribution in [0.4, 0.5) is 0 Å². The lowest BCUT2D eigenvalue weighted by Gasteiger charge is -2.40. The Kier molecular flexibility index (Phi) is 3.85. The molecule has 1 heterocycles. The van der Waals surface area contributed by atoms with E-state index in [2.05, 4.69) is 0 Å². The Labute approximate surface area is 113 Å².